The molecule has 5 nitrogen and oxygen atoms in total. The van der Waals surface area contributed by atoms with Crippen LogP contribution in [0.5, 0.6) is 0 Å². The van der Waals surface area contributed by atoms with Gasteiger partial charge in [0, 0.05) is 25.2 Å². The highest BCUT2D eigenvalue weighted by Gasteiger charge is 2.30. The average Bonchev–Trinajstić information content (AvgIpc) is 2.88. The lowest BCUT2D eigenvalue weighted by Crippen LogP contribution is -2.45. The number of alkyl carbamates (subject to hydrolysis) is 1. The minimum absolute atomic E-state index is 0.362. The number of ether oxygens (including phenoxy) is 1. The highest BCUT2D eigenvalue weighted by molar-refractivity contribution is 5.67. The van der Waals surface area contributed by atoms with Gasteiger partial charge in [-0.2, -0.15) is 0 Å². The molecule has 2 aliphatic heterocycles. The summed E-state index contributed by atoms with van der Waals surface area (Å²) in [5.74, 6) is 0. The molecule has 1 amide bonds. The summed E-state index contributed by atoms with van der Waals surface area (Å²) < 4.78 is 5.18. The summed E-state index contributed by atoms with van der Waals surface area (Å²) in [5.41, 5.74) is -0.440. The third kappa shape index (κ3) is 5.97. The molecule has 2 unspecified atom stereocenters. The van der Waals surface area contributed by atoms with Crippen molar-refractivity contribution in [3.63, 3.8) is 0 Å². The summed E-state index contributed by atoms with van der Waals surface area (Å²) in [7, 11) is 0. The fourth-order valence-corrected chi connectivity index (χ4v) is 3.27. The van der Waals surface area contributed by atoms with E-state index in [4.69, 9.17) is 4.74 Å². The van der Waals surface area contributed by atoms with Crippen LogP contribution in [0.4, 0.5) is 4.79 Å². The zero-order chi connectivity index (χ0) is 16.0. The fourth-order valence-electron chi connectivity index (χ4n) is 3.27. The predicted octanol–water partition coefficient (Wildman–Crippen LogP) is 2.28. The number of hydrogen-bond acceptors (Lipinski definition) is 4. The van der Waals surface area contributed by atoms with Crippen LogP contribution in [-0.2, 0) is 4.74 Å². The smallest absolute Gasteiger partial charge is 0.407 e. The van der Waals surface area contributed by atoms with Gasteiger partial charge in [0.1, 0.15) is 5.60 Å². The number of nitrogens with zero attached hydrogens (tertiary/aromatic N) is 1. The van der Waals surface area contributed by atoms with E-state index in [0.717, 1.165) is 12.6 Å². The third-order valence-electron chi connectivity index (χ3n) is 4.27. The molecule has 2 atom stereocenters. The van der Waals surface area contributed by atoms with E-state index in [1.165, 1.54) is 38.8 Å². The maximum atomic E-state index is 11.5. The summed E-state index contributed by atoms with van der Waals surface area (Å²) in [4.78, 5) is 14.1. The molecule has 126 valence electrons. The summed E-state index contributed by atoms with van der Waals surface area (Å²) in [6, 6.07) is 1.45. The second kappa shape index (κ2) is 7.97. The molecule has 5 heteroatoms. The van der Waals surface area contributed by atoms with Gasteiger partial charge in [0.15, 0.2) is 0 Å². The predicted molar refractivity (Wildman–Crippen MR) is 89.0 cm³/mol. The first-order valence-electron chi connectivity index (χ1n) is 8.53. The van der Waals surface area contributed by atoms with Crippen molar-refractivity contribution in [3.05, 3.63) is 12.2 Å². The number of carbonyl (C=O) groups excluding carboxylic acids is 1. The average molecular weight is 309 g/mol. The Morgan fingerprint density at radius 3 is 2.77 bits per heavy atom. The van der Waals surface area contributed by atoms with E-state index in [-0.39, 0.29) is 6.09 Å². The van der Waals surface area contributed by atoms with Crippen LogP contribution in [0.2, 0.25) is 0 Å². The van der Waals surface area contributed by atoms with E-state index in [9.17, 15) is 4.79 Å². The molecule has 0 saturated carbocycles. The van der Waals surface area contributed by atoms with Crippen molar-refractivity contribution in [3.8, 4) is 0 Å². The van der Waals surface area contributed by atoms with E-state index in [1.54, 1.807) is 0 Å². The van der Waals surface area contributed by atoms with Gasteiger partial charge in [0.25, 0.3) is 0 Å². The topological polar surface area (TPSA) is 53.6 Å². The van der Waals surface area contributed by atoms with Crippen molar-refractivity contribution in [1.29, 1.82) is 0 Å². The Hall–Kier alpha value is -1.07. The van der Waals surface area contributed by atoms with Crippen molar-refractivity contribution in [2.24, 2.45) is 0 Å². The molecule has 0 aromatic rings. The van der Waals surface area contributed by atoms with Gasteiger partial charge in [0.05, 0.1) is 0 Å². The van der Waals surface area contributed by atoms with Crippen molar-refractivity contribution in [2.45, 2.75) is 64.1 Å². The van der Waals surface area contributed by atoms with Gasteiger partial charge in [-0.05, 0) is 59.5 Å². The fraction of sp³-hybridized carbons (Fsp3) is 0.824. The summed E-state index contributed by atoms with van der Waals surface area (Å²) in [6.07, 6.45) is 8.96. The van der Waals surface area contributed by atoms with Gasteiger partial charge >= 0.3 is 6.09 Å². The van der Waals surface area contributed by atoms with Gasteiger partial charge in [-0.25, -0.2) is 4.79 Å². The molecule has 0 spiro atoms. The number of nitrogens with one attached hydrogen (secondary N) is 2. The van der Waals surface area contributed by atoms with Crippen LogP contribution in [0.15, 0.2) is 12.2 Å². The lowest BCUT2D eigenvalue weighted by Gasteiger charge is -2.35. The highest BCUT2D eigenvalue weighted by Crippen LogP contribution is 2.26. The maximum Gasteiger partial charge on any atom is 0.407 e. The number of carbonyl (C=O) groups is 1. The molecule has 0 aromatic heterocycles. The zero-order valence-corrected chi connectivity index (χ0v) is 14.2. The number of rotatable bonds is 5. The molecule has 0 aromatic carbocycles. The Labute approximate surface area is 134 Å². The van der Waals surface area contributed by atoms with E-state index < -0.39 is 5.60 Å². The van der Waals surface area contributed by atoms with Crippen molar-refractivity contribution >= 4 is 6.09 Å². The first-order chi connectivity index (χ1) is 10.4. The first-order valence-corrected chi connectivity index (χ1v) is 8.53. The standard InChI is InChI=1S/C17H31N3O2/c1-17(2,3)22-16(21)19-10-5-4-9-18-14-8-12-20-11-6-7-15(20)13-14/h4-5,14-15,18H,6-13H2,1-3H3,(H,19,21)/b5-4+. The van der Waals surface area contributed by atoms with Crippen molar-refractivity contribution in [2.75, 3.05) is 26.2 Å². The Morgan fingerprint density at radius 2 is 2.00 bits per heavy atom. The van der Waals surface area contributed by atoms with E-state index >= 15 is 0 Å². The number of fused-ring (bicyclic) bond motifs is 1. The summed E-state index contributed by atoms with van der Waals surface area (Å²) in [5, 5.41) is 6.33. The molecule has 2 N–H and O–H groups in total. The van der Waals surface area contributed by atoms with E-state index in [0.29, 0.717) is 12.6 Å². The number of hydrogen-bond donors (Lipinski definition) is 2. The molecule has 2 fully saturated rings. The van der Waals surface area contributed by atoms with Gasteiger partial charge in [-0.3, -0.25) is 0 Å². The molecule has 2 aliphatic rings. The minimum Gasteiger partial charge on any atom is -0.444 e. The molecular weight excluding hydrogens is 278 g/mol. The number of amides is 1. The SMILES string of the molecule is CC(C)(C)OC(=O)NC/C=C/CNC1CCN2CCCC2C1. The second-order valence-corrected chi connectivity index (χ2v) is 7.32. The lowest BCUT2D eigenvalue weighted by molar-refractivity contribution is 0.0534. The summed E-state index contributed by atoms with van der Waals surface area (Å²) >= 11 is 0. The maximum absolute atomic E-state index is 11.5. The van der Waals surface area contributed by atoms with Crippen LogP contribution in [-0.4, -0.2) is 54.9 Å². The van der Waals surface area contributed by atoms with E-state index in [1.807, 2.05) is 26.8 Å². The van der Waals surface area contributed by atoms with Gasteiger partial charge in [-0.1, -0.05) is 12.2 Å². The van der Waals surface area contributed by atoms with Crippen molar-refractivity contribution in [1.82, 2.24) is 15.5 Å². The van der Waals surface area contributed by atoms with Gasteiger partial charge in [0.2, 0.25) is 0 Å². The van der Waals surface area contributed by atoms with Crippen LogP contribution >= 0.6 is 0 Å². The van der Waals surface area contributed by atoms with Crippen LogP contribution in [0.3, 0.4) is 0 Å². The second-order valence-electron chi connectivity index (χ2n) is 7.32. The van der Waals surface area contributed by atoms with Crippen LogP contribution in [0.1, 0.15) is 46.5 Å². The Morgan fingerprint density at radius 1 is 1.23 bits per heavy atom. The molecule has 0 bridgehead atoms. The highest BCUT2D eigenvalue weighted by atomic mass is 16.6. The Balaban J connectivity index is 1.54. The molecule has 0 aliphatic carbocycles. The molecule has 0 radical (unpaired) electrons. The monoisotopic (exact) mass is 309 g/mol. The zero-order valence-electron chi connectivity index (χ0n) is 14.2. The molecule has 2 heterocycles. The minimum atomic E-state index is -0.440. The Kier molecular flexibility index (Phi) is 6.26. The normalized spacial score (nSPS) is 26.1. The van der Waals surface area contributed by atoms with Crippen LogP contribution in [0, 0.1) is 0 Å². The molecular formula is C17H31N3O2. The quantitative estimate of drug-likeness (QED) is 0.765. The first kappa shape index (κ1) is 17.3. The molecule has 2 rings (SSSR count). The van der Waals surface area contributed by atoms with E-state index in [2.05, 4.69) is 21.6 Å². The van der Waals surface area contributed by atoms with Crippen LogP contribution in [0.25, 0.3) is 0 Å². The molecule has 22 heavy (non-hydrogen) atoms. The largest absolute Gasteiger partial charge is 0.444 e. The van der Waals surface area contributed by atoms with Crippen LogP contribution < -0.4 is 10.6 Å². The Bertz CT molecular complexity index is 390. The lowest BCUT2D eigenvalue weighted by atomic mass is 9.98. The van der Waals surface area contributed by atoms with Gasteiger partial charge < -0.3 is 20.3 Å². The number of piperidine rings is 1. The summed E-state index contributed by atoms with van der Waals surface area (Å²) in [6.45, 7) is 9.51. The van der Waals surface area contributed by atoms with Gasteiger partial charge in [-0.15, -0.1) is 0 Å². The molecule has 2 saturated heterocycles. The van der Waals surface area contributed by atoms with Crippen molar-refractivity contribution < 1.29 is 9.53 Å². The third-order valence-corrected chi connectivity index (χ3v) is 4.27.